The Hall–Kier alpha value is -1.78. The summed E-state index contributed by atoms with van der Waals surface area (Å²) in [6.07, 6.45) is 0.102. The second kappa shape index (κ2) is 3.91. The molecule has 17 heavy (non-hydrogen) atoms. The van der Waals surface area contributed by atoms with Crippen LogP contribution in [0.3, 0.4) is 0 Å². The first kappa shape index (κ1) is 11.7. The molecule has 1 aliphatic rings. The Morgan fingerprint density at radius 1 is 1.47 bits per heavy atom. The van der Waals surface area contributed by atoms with E-state index in [1.807, 2.05) is 0 Å². The van der Waals surface area contributed by atoms with Crippen LogP contribution in [0.5, 0.6) is 11.5 Å². The molecule has 0 aliphatic carbocycles. The minimum atomic E-state index is -1.02. The SMILES string of the molecule is CC(C)(Cc1ccc2c(c1F)OCO2)C(=O)O. The van der Waals surface area contributed by atoms with E-state index in [-0.39, 0.29) is 19.0 Å². The topological polar surface area (TPSA) is 55.8 Å². The van der Waals surface area contributed by atoms with Crippen LogP contribution < -0.4 is 9.47 Å². The van der Waals surface area contributed by atoms with E-state index in [0.29, 0.717) is 11.3 Å². The molecular formula is C12H13FO4. The van der Waals surface area contributed by atoms with Gasteiger partial charge in [0.15, 0.2) is 11.6 Å². The van der Waals surface area contributed by atoms with Crippen LogP contribution in [-0.4, -0.2) is 17.9 Å². The minimum absolute atomic E-state index is 0.00195. The monoisotopic (exact) mass is 240 g/mol. The summed E-state index contributed by atoms with van der Waals surface area (Å²) in [5.74, 6) is -1.06. The van der Waals surface area contributed by atoms with Crippen LogP contribution in [0.1, 0.15) is 19.4 Å². The Kier molecular flexibility index (Phi) is 2.69. The maximum absolute atomic E-state index is 14.0. The van der Waals surface area contributed by atoms with Gasteiger partial charge in [0.25, 0.3) is 0 Å². The lowest BCUT2D eigenvalue weighted by Crippen LogP contribution is -2.26. The summed E-state index contributed by atoms with van der Waals surface area (Å²) in [4.78, 5) is 11.0. The predicted octanol–water partition coefficient (Wildman–Crippen LogP) is 2.21. The third-order valence-electron chi connectivity index (χ3n) is 2.77. The van der Waals surface area contributed by atoms with E-state index in [2.05, 4.69) is 0 Å². The molecule has 0 amide bonds. The molecule has 1 N–H and O–H groups in total. The Balaban J connectivity index is 2.32. The van der Waals surface area contributed by atoms with Gasteiger partial charge in [-0.05, 0) is 31.9 Å². The zero-order chi connectivity index (χ0) is 12.6. The normalized spacial score (nSPS) is 13.8. The van der Waals surface area contributed by atoms with Crippen LogP contribution in [0.4, 0.5) is 4.39 Å². The molecule has 1 aliphatic heterocycles. The van der Waals surface area contributed by atoms with Gasteiger partial charge in [0.05, 0.1) is 5.41 Å². The summed E-state index contributed by atoms with van der Waals surface area (Å²) in [6.45, 7) is 3.11. The zero-order valence-electron chi connectivity index (χ0n) is 9.62. The van der Waals surface area contributed by atoms with E-state index < -0.39 is 17.2 Å². The van der Waals surface area contributed by atoms with E-state index in [0.717, 1.165) is 0 Å². The highest BCUT2D eigenvalue weighted by molar-refractivity contribution is 5.74. The number of aliphatic carboxylic acids is 1. The van der Waals surface area contributed by atoms with Crippen molar-refractivity contribution in [3.63, 3.8) is 0 Å². The summed E-state index contributed by atoms with van der Waals surface area (Å²) in [6, 6.07) is 3.13. The number of carbonyl (C=O) groups is 1. The van der Waals surface area contributed by atoms with Gasteiger partial charge in [-0.3, -0.25) is 4.79 Å². The molecule has 1 aromatic rings. The van der Waals surface area contributed by atoms with E-state index in [4.69, 9.17) is 14.6 Å². The highest BCUT2D eigenvalue weighted by Gasteiger charge is 2.30. The molecule has 0 bridgehead atoms. The Morgan fingerprint density at radius 2 is 2.18 bits per heavy atom. The molecule has 0 fully saturated rings. The van der Waals surface area contributed by atoms with Crippen molar-refractivity contribution in [1.82, 2.24) is 0 Å². The summed E-state index contributed by atoms with van der Waals surface area (Å²) < 4.78 is 24.0. The molecule has 1 aromatic carbocycles. The first-order valence-corrected chi connectivity index (χ1v) is 5.22. The molecule has 0 saturated carbocycles. The van der Waals surface area contributed by atoms with Crippen molar-refractivity contribution in [3.8, 4) is 11.5 Å². The van der Waals surface area contributed by atoms with Gasteiger partial charge in [0.2, 0.25) is 12.5 Å². The number of hydrogen-bond acceptors (Lipinski definition) is 3. The zero-order valence-corrected chi connectivity index (χ0v) is 9.62. The fourth-order valence-corrected chi connectivity index (χ4v) is 1.67. The largest absolute Gasteiger partial charge is 0.481 e. The average molecular weight is 240 g/mol. The molecule has 1 heterocycles. The number of hydrogen-bond donors (Lipinski definition) is 1. The molecule has 0 saturated heterocycles. The summed E-state index contributed by atoms with van der Waals surface area (Å²) in [7, 11) is 0. The molecule has 0 spiro atoms. The van der Waals surface area contributed by atoms with Crippen molar-refractivity contribution in [2.45, 2.75) is 20.3 Å². The molecular weight excluding hydrogens is 227 g/mol. The predicted molar refractivity (Wildman–Crippen MR) is 57.6 cm³/mol. The van der Waals surface area contributed by atoms with Gasteiger partial charge in [-0.15, -0.1) is 0 Å². The van der Waals surface area contributed by atoms with E-state index in [1.165, 1.54) is 6.07 Å². The van der Waals surface area contributed by atoms with Crippen molar-refractivity contribution in [3.05, 3.63) is 23.5 Å². The third kappa shape index (κ3) is 2.05. The van der Waals surface area contributed by atoms with E-state index in [1.54, 1.807) is 19.9 Å². The summed E-state index contributed by atoms with van der Waals surface area (Å²) in [5, 5.41) is 9.01. The van der Waals surface area contributed by atoms with Crippen molar-refractivity contribution in [2.75, 3.05) is 6.79 Å². The standard InChI is InChI=1S/C12H13FO4/c1-12(2,11(14)15)5-7-3-4-8-10(9(7)13)17-6-16-8/h3-4H,5-6H2,1-2H3,(H,14,15). The Morgan fingerprint density at radius 3 is 2.82 bits per heavy atom. The molecule has 0 unspecified atom stereocenters. The number of ether oxygens (including phenoxy) is 2. The molecule has 2 rings (SSSR count). The van der Waals surface area contributed by atoms with Gasteiger partial charge in [-0.2, -0.15) is 0 Å². The molecule has 5 heteroatoms. The number of halogens is 1. The molecule has 0 radical (unpaired) electrons. The first-order chi connectivity index (χ1) is 7.92. The van der Waals surface area contributed by atoms with Crippen LogP contribution in [0.25, 0.3) is 0 Å². The highest BCUT2D eigenvalue weighted by Crippen LogP contribution is 2.37. The van der Waals surface area contributed by atoms with Gasteiger partial charge in [-0.25, -0.2) is 4.39 Å². The summed E-state index contributed by atoms with van der Waals surface area (Å²) >= 11 is 0. The average Bonchev–Trinajstić information content (AvgIpc) is 2.70. The molecule has 92 valence electrons. The summed E-state index contributed by atoms with van der Waals surface area (Å²) in [5.41, 5.74) is -0.698. The maximum atomic E-state index is 14.0. The van der Waals surface area contributed by atoms with Crippen molar-refractivity contribution >= 4 is 5.97 Å². The highest BCUT2D eigenvalue weighted by atomic mass is 19.1. The second-order valence-corrected chi connectivity index (χ2v) is 4.64. The van der Waals surface area contributed by atoms with Gasteiger partial charge in [-0.1, -0.05) is 6.07 Å². The van der Waals surface area contributed by atoms with Crippen LogP contribution in [0.15, 0.2) is 12.1 Å². The number of benzene rings is 1. The first-order valence-electron chi connectivity index (χ1n) is 5.22. The van der Waals surface area contributed by atoms with Crippen LogP contribution in [-0.2, 0) is 11.2 Å². The molecule has 4 nitrogen and oxygen atoms in total. The number of carboxylic acids is 1. The third-order valence-corrected chi connectivity index (χ3v) is 2.77. The van der Waals surface area contributed by atoms with Crippen molar-refractivity contribution in [1.29, 1.82) is 0 Å². The lowest BCUT2D eigenvalue weighted by Gasteiger charge is -2.19. The van der Waals surface area contributed by atoms with Gasteiger partial charge >= 0.3 is 5.97 Å². The van der Waals surface area contributed by atoms with Crippen LogP contribution in [0, 0.1) is 11.2 Å². The van der Waals surface area contributed by atoms with Crippen molar-refractivity contribution in [2.24, 2.45) is 5.41 Å². The van der Waals surface area contributed by atoms with Gasteiger partial charge in [0, 0.05) is 0 Å². The van der Waals surface area contributed by atoms with Crippen molar-refractivity contribution < 1.29 is 23.8 Å². The van der Waals surface area contributed by atoms with E-state index in [9.17, 15) is 9.18 Å². The number of rotatable bonds is 3. The maximum Gasteiger partial charge on any atom is 0.309 e. The van der Waals surface area contributed by atoms with Gasteiger partial charge in [0.1, 0.15) is 0 Å². The van der Waals surface area contributed by atoms with Gasteiger partial charge < -0.3 is 14.6 Å². The fraction of sp³-hybridized carbons (Fsp3) is 0.417. The number of carboxylic acid groups (broad SMARTS) is 1. The van der Waals surface area contributed by atoms with E-state index >= 15 is 0 Å². The molecule has 0 atom stereocenters. The van der Waals surface area contributed by atoms with Crippen LogP contribution >= 0.6 is 0 Å². The Bertz CT molecular complexity index is 468. The molecule has 0 aromatic heterocycles. The lowest BCUT2D eigenvalue weighted by molar-refractivity contribution is -0.146. The smallest absolute Gasteiger partial charge is 0.309 e. The second-order valence-electron chi connectivity index (χ2n) is 4.64. The minimum Gasteiger partial charge on any atom is -0.481 e. The Labute approximate surface area is 98.0 Å². The lowest BCUT2D eigenvalue weighted by atomic mass is 9.85. The fourth-order valence-electron chi connectivity index (χ4n) is 1.67. The quantitative estimate of drug-likeness (QED) is 0.880. The van der Waals surface area contributed by atoms with Crippen LogP contribution in [0.2, 0.25) is 0 Å². The number of fused-ring (bicyclic) bond motifs is 1.